The summed E-state index contributed by atoms with van der Waals surface area (Å²) in [7, 11) is 0. The lowest BCUT2D eigenvalue weighted by Crippen LogP contribution is -2.08. The number of thiophene rings is 2. The van der Waals surface area contributed by atoms with Crippen molar-refractivity contribution < 1.29 is 9.53 Å². The zero-order chi connectivity index (χ0) is 13.8. The van der Waals surface area contributed by atoms with Gasteiger partial charge in [-0.05, 0) is 22.9 Å². The minimum absolute atomic E-state index is 0.347. The molecule has 3 aromatic heterocycles. The number of ether oxygens (including phenoxy) is 1. The molecule has 0 N–H and O–H groups in total. The molecule has 20 heavy (non-hydrogen) atoms. The SMILES string of the molecule is O=C(OCCc1cccs1)c1csc(-c2cccs2)n1. The molecular formula is C14H11NO2S3. The van der Waals surface area contributed by atoms with Gasteiger partial charge >= 0.3 is 5.97 Å². The third-order valence-electron chi connectivity index (χ3n) is 2.61. The molecule has 0 aromatic carbocycles. The first-order valence-electron chi connectivity index (χ1n) is 6.02. The molecule has 0 amide bonds. The van der Waals surface area contributed by atoms with Gasteiger partial charge in [-0.3, -0.25) is 0 Å². The quantitative estimate of drug-likeness (QED) is 0.657. The van der Waals surface area contributed by atoms with Crippen LogP contribution in [-0.2, 0) is 11.2 Å². The maximum absolute atomic E-state index is 11.9. The third-order valence-corrected chi connectivity index (χ3v) is 5.42. The first-order valence-corrected chi connectivity index (χ1v) is 8.66. The monoisotopic (exact) mass is 321 g/mol. The van der Waals surface area contributed by atoms with Crippen molar-refractivity contribution in [1.29, 1.82) is 0 Å². The molecule has 0 atom stereocenters. The van der Waals surface area contributed by atoms with Crippen LogP contribution in [0.1, 0.15) is 15.4 Å². The molecule has 0 saturated carbocycles. The van der Waals surface area contributed by atoms with Gasteiger partial charge in [0.15, 0.2) is 5.69 Å². The van der Waals surface area contributed by atoms with E-state index in [0.29, 0.717) is 12.3 Å². The number of hydrogen-bond acceptors (Lipinski definition) is 6. The van der Waals surface area contributed by atoms with E-state index < -0.39 is 0 Å². The average Bonchev–Trinajstić information content (AvgIpc) is 3.20. The highest BCUT2D eigenvalue weighted by molar-refractivity contribution is 7.20. The van der Waals surface area contributed by atoms with Gasteiger partial charge in [-0.15, -0.1) is 34.0 Å². The summed E-state index contributed by atoms with van der Waals surface area (Å²) in [6, 6.07) is 8.00. The molecule has 3 heterocycles. The van der Waals surface area contributed by atoms with Gasteiger partial charge in [0.1, 0.15) is 5.01 Å². The van der Waals surface area contributed by atoms with Crippen molar-refractivity contribution in [1.82, 2.24) is 4.98 Å². The Labute approximate surface area is 128 Å². The van der Waals surface area contributed by atoms with Gasteiger partial charge in [-0.25, -0.2) is 9.78 Å². The maximum Gasteiger partial charge on any atom is 0.357 e. The molecule has 0 fully saturated rings. The fourth-order valence-electron chi connectivity index (χ4n) is 1.65. The molecule has 3 aromatic rings. The second kappa shape index (κ2) is 6.30. The Hall–Kier alpha value is -1.50. The largest absolute Gasteiger partial charge is 0.461 e. The highest BCUT2D eigenvalue weighted by atomic mass is 32.1. The third kappa shape index (κ3) is 3.15. The number of esters is 1. The number of hydrogen-bond donors (Lipinski definition) is 0. The van der Waals surface area contributed by atoms with Gasteiger partial charge in [0, 0.05) is 16.7 Å². The molecule has 0 radical (unpaired) electrons. The fraction of sp³-hybridized carbons (Fsp3) is 0.143. The number of carbonyl (C=O) groups excluding carboxylic acids is 1. The van der Waals surface area contributed by atoms with Crippen LogP contribution in [0.5, 0.6) is 0 Å². The van der Waals surface area contributed by atoms with Crippen LogP contribution >= 0.6 is 34.0 Å². The molecule has 3 nitrogen and oxygen atoms in total. The summed E-state index contributed by atoms with van der Waals surface area (Å²) < 4.78 is 5.25. The Morgan fingerprint density at radius 1 is 1.15 bits per heavy atom. The van der Waals surface area contributed by atoms with Crippen LogP contribution in [0, 0.1) is 0 Å². The molecule has 0 aliphatic heterocycles. The van der Waals surface area contributed by atoms with Gasteiger partial charge in [0.25, 0.3) is 0 Å². The lowest BCUT2D eigenvalue weighted by Gasteiger charge is -2.00. The molecule has 0 unspecified atom stereocenters. The van der Waals surface area contributed by atoms with Crippen molar-refractivity contribution in [3.8, 4) is 9.88 Å². The van der Waals surface area contributed by atoms with E-state index in [2.05, 4.69) is 4.98 Å². The van der Waals surface area contributed by atoms with E-state index >= 15 is 0 Å². The Balaban J connectivity index is 1.57. The van der Waals surface area contributed by atoms with Gasteiger partial charge in [-0.1, -0.05) is 12.1 Å². The van der Waals surface area contributed by atoms with Crippen LogP contribution < -0.4 is 0 Å². The molecule has 0 bridgehead atoms. The smallest absolute Gasteiger partial charge is 0.357 e. The van der Waals surface area contributed by atoms with Gasteiger partial charge < -0.3 is 4.74 Å². The standard InChI is InChI=1S/C14H11NO2S3/c16-14(17-6-5-10-3-1-7-18-10)11-9-20-13(15-11)12-4-2-8-19-12/h1-4,7-9H,5-6H2. The van der Waals surface area contributed by atoms with Crippen LogP contribution in [0.2, 0.25) is 0 Å². The van der Waals surface area contributed by atoms with E-state index in [-0.39, 0.29) is 5.97 Å². The normalized spacial score (nSPS) is 10.6. The zero-order valence-electron chi connectivity index (χ0n) is 10.4. The Morgan fingerprint density at radius 3 is 2.75 bits per heavy atom. The zero-order valence-corrected chi connectivity index (χ0v) is 12.9. The van der Waals surface area contributed by atoms with Crippen LogP contribution in [0.4, 0.5) is 0 Å². The van der Waals surface area contributed by atoms with Gasteiger partial charge in [-0.2, -0.15) is 0 Å². The van der Waals surface area contributed by atoms with Crippen molar-refractivity contribution in [2.24, 2.45) is 0 Å². The summed E-state index contributed by atoms with van der Waals surface area (Å²) in [6.07, 6.45) is 0.755. The van der Waals surface area contributed by atoms with Crippen LogP contribution in [-0.4, -0.2) is 17.6 Å². The Morgan fingerprint density at radius 2 is 2.00 bits per heavy atom. The second-order valence-electron chi connectivity index (χ2n) is 3.98. The molecule has 0 spiro atoms. The fourth-order valence-corrected chi connectivity index (χ4v) is 3.95. The first kappa shape index (κ1) is 13.5. The van der Waals surface area contributed by atoms with Crippen LogP contribution in [0.25, 0.3) is 9.88 Å². The number of carbonyl (C=O) groups is 1. The van der Waals surface area contributed by atoms with E-state index in [9.17, 15) is 4.79 Å². The molecule has 6 heteroatoms. The number of thiazole rings is 1. The number of aromatic nitrogens is 1. The average molecular weight is 321 g/mol. The molecule has 102 valence electrons. The van der Waals surface area contributed by atoms with Gasteiger partial charge in [0.2, 0.25) is 0 Å². The van der Waals surface area contributed by atoms with Crippen molar-refractivity contribution in [3.05, 3.63) is 51.0 Å². The highest BCUT2D eigenvalue weighted by Crippen LogP contribution is 2.27. The number of rotatable bonds is 5. The molecule has 0 saturated heterocycles. The minimum Gasteiger partial charge on any atom is -0.461 e. The van der Waals surface area contributed by atoms with E-state index in [1.165, 1.54) is 16.2 Å². The van der Waals surface area contributed by atoms with Crippen LogP contribution in [0.3, 0.4) is 0 Å². The lowest BCUT2D eigenvalue weighted by molar-refractivity contribution is 0.0504. The number of nitrogens with zero attached hydrogens (tertiary/aromatic N) is 1. The van der Waals surface area contributed by atoms with E-state index in [1.807, 2.05) is 35.0 Å². The summed E-state index contributed by atoms with van der Waals surface area (Å²) in [4.78, 5) is 18.5. The van der Waals surface area contributed by atoms with Crippen molar-refractivity contribution in [2.75, 3.05) is 6.61 Å². The lowest BCUT2D eigenvalue weighted by atomic mass is 10.4. The van der Waals surface area contributed by atoms with E-state index in [0.717, 1.165) is 16.3 Å². The van der Waals surface area contributed by atoms with Crippen molar-refractivity contribution >= 4 is 40.0 Å². The summed E-state index contributed by atoms with van der Waals surface area (Å²) >= 11 is 4.75. The first-order chi connectivity index (χ1) is 9.83. The highest BCUT2D eigenvalue weighted by Gasteiger charge is 2.13. The predicted octanol–water partition coefficient (Wildman–Crippen LogP) is 4.33. The summed E-state index contributed by atoms with van der Waals surface area (Å²) in [5.74, 6) is -0.347. The second-order valence-corrected chi connectivity index (χ2v) is 6.82. The van der Waals surface area contributed by atoms with E-state index in [4.69, 9.17) is 4.74 Å². The van der Waals surface area contributed by atoms with Crippen LogP contribution in [0.15, 0.2) is 40.4 Å². The molecule has 3 rings (SSSR count). The topological polar surface area (TPSA) is 39.2 Å². The Bertz CT molecular complexity index is 671. The van der Waals surface area contributed by atoms with Crippen molar-refractivity contribution in [2.45, 2.75) is 6.42 Å². The predicted molar refractivity (Wildman–Crippen MR) is 83.7 cm³/mol. The summed E-state index contributed by atoms with van der Waals surface area (Å²) in [6.45, 7) is 0.394. The van der Waals surface area contributed by atoms with Crippen molar-refractivity contribution in [3.63, 3.8) is 0 Å². The minimum atomic E-state index is -0.347. The maximum atomic E-state index is 11.9. The van der Waals surface area contributed by atoms with Gasteiger partial charge in [0.05, 0.1) is 11.5 Å². The molecule has 0 aliphatic carbocycles. The summed E-state index contributed by atoms with van der Waals surface area (Å²) in [5, 5.41) is 6.63. The Kier molecular flexibility index (Phi) is 4.25. The molecular weight excluding hydrogens is 310 g/mol. The summed E-state index contributed by atoms with van der Waals surface area (Å²) in [5.41, 5.74) is 0.393. The van der Waals surface area contributed by atoms with E-state index in [1.54, 1.807) is 28.1 Å². The molecule has 0 aliphatic rings.